The van der Waals surface area contributed by atoms with E-state index in [1.807, 2.05) is 48.5 Å². The fraction of sp³-hybridized carbons (Fsp3) is 0.0588. The average molecular weight is 312 g/mol. The summed E-state index contributed by atoms with van der Waals surface area (Å²) in [7, 11) is 0. The fourth-order valence-corrected chi connectivity index (χ4v) is 2.40. The van der Waals surface area contributed by atoms with Crippen molar-refractivity contribution in [3.63, 3.8) is 0 Å². The molecular formula is C17H14ClN3O. The minimum Gasteiger partial charge on any atom is -0.334 e. The molecule has 0 fully saturated rings. The van der Waals surface area contributed by atoms with Crippen molar-refractivity contribution in [2.24, 2.45) is 0 Å². The highest BCUT2D eigenvalue weighted by atomic mass is 35.5. The van der Waals surface area contributed by atoms with Gasteiger partial charge in [-0.1, -0.05) is 35.9 Å². The van der Waals surface area contributed by atoms with E-state index in [9.17, 15) is 4.79 Å². The van der Waals surface area contributed by atoms with E-state index >= 15 is 0 Å². The molecule has 0 aliphatic carbocycles. The molecule has 0 saturated carbocycles. The Kier molecular flexibility index (Phi) is 4.21. The first kappa shape index (κ1) is 14.4. The first-order chi connectivity index (χ1) is 10.7. The summed E-state index contributed by atoms with van der Waals surface area (Å²) in [4.78, 5) is 16.3. The van der Waals surface area contributed by atoms with Gasteiger partial charge in [-0.25, -0.2) is 4.79 Å². The number of hydrogen-bond acceptors (Lipinski definition) is 2. The molecule has 1 aromatic heterocycles. The summed E-state index contributed by atoms with van der Waals surface area (Å²) in [6.07, 6.45) is 1.73. The fourth-order valence-electron chi connectivity index (χ4n) is 2.20. The number of aromatic nitrogens is 1. The van der Waals surface area contributed by atoms with Crippen LogP contribution in [0.5, 0.6) is 0 Å². The van der Waals surface area contributed by atoms with Crippen molar-refractivity contribution in [3.05, 3.63) is 71.4 Å². The molecule has 3 rings (SSSR count). The summed E-state index contributed by atoms with van der Waals surface area (Å²) in [5.74, 6) is 0. The molecular weight excluding hydrogens is 298 g/mol. The van der Waals surface area contributed by atoms with Gasteiger partial charge in [0, 0.05) is 23.2 Å². The van der Waals surface area contributed by atoms with Crippen molar-refractivity contribution in [2.75, 3.05) is 5.32 Å². The van der Waals surface area contributed by atoms with Crippen LogP contribution in [0.3, 0.4) is 0 Å². The van der Waals surface area contributed by atoms with E-state index in [0.717, 1.165) is 22.2 Å². The van der Waals surface area contributed by atoms with Crippen LogP contribution in [0.2, 0.25) is 5.02 Å². The molecule has 5 heteroatoms. The third kappa shape index (κ3) is 3.18. The Morgan fingerprint density at radius 3 is 2.77 bits per heavy atom. The zero-order valence-corrected chi connectivity index (χ0v) is 12.5. The van der Waals surface area contributed by atoms with Gasteiger partial charge in [-0.05, 0) is 35.9 Å². The van der Waals surface area contributed by atoms with E-state index in [1.54, 1.807) is 12.3 Å². The number of pyridine rings is 1. The van der Waals surface area contributed by atoms with E-state index in [4.69, 9.17) is 11.6 Å². The van der Waals surface area contributed by atoms with E-state index in [0.29, 0.717) is 11.6 Å². The van der Waals surface area contributed by atoms with Gasteiger partial charge in [-0.2, -0.15) is 0 Å². The second-order valence-corrected chi connectivity index (χ2v) is 5.18. The van der Waals surface area contributed by atoms with Crippen molar-refractivity contribution in [1.29, 1.82) is 0 Å². The van der Waals surface area contributed by atoms with Crippen molar-refractivity contribution >= 4 is 34.2 Å². The molecule has 2 aromatic carbocycles. The number of carbonyl (C=O) groups is 1. The quantitative estimate of drug-likeness (QED) is 0.761. The Labute approximate surface area is 133 Å². The molecule has 3 aromatic rings. The van der Waals surface area contributed by atoms with Crippen molar-refractivity contribution < 1.29 is 4.79 Å². The van der Waals surface area contributed by atoms with E-state index in [1.165, 1.54) is 0 Å². The van der Waals surface area contributed by atoms with Crippen LogP contribution in [0.1, 0.15) is 5.56 Å². The number of fused-ring (bicyclic) bond motifs is 1. The lowest BCUT2D eigenvalue weighted by Crippen LogP contribution is -2.28. The number of nitrogens with zero attached hydrogens (tertiary/aromatic N) is 1. The molecule has 1 heterocycles. The van der Waals surface area contributed by atoms with Gasteiger partial charge in [0.2, 0.25) is 0 Å². The second kappa shape index (κ2) is 6.45. The van der Waals surface area contributed by atoms with Crippen LogP contribution in [-0.4, -0.2) is 11.0 Å². The topological polar surface area (TPSA) is 54.0 Å². The van der Waals surface area contributed by atoms with Gasteiger partial charge >= 0.3 is 6.03 Å². The van der Waals surface area contributed by atoms with Gasteiger partial charge in [0.1, 0.15) is 0 Å². The number of urea groups is 1. The van der Waals surface area contributed by atoms with Gasteiger partial charge in [-0.3, -0.25) is 4.98 Å². The van der Waals surface area contributed by atoms with Crippen LogP contribution in [0.25, 0.3) is 10.9 Å². The molecule has 4 nitrogen and oxygen atoms in total. The lowest BCUT2D eigenvalue weighted by atomic mass is 10.2. The van der Waals surface area contributed by atoms with Gasteiger partial charge in [-0.15, -0.1) is 0 Å². The maximum Gasteiger partial charge on any atom is 0.319 e. The molecule has 110 valence electrons. The largest absolute Gasteiger partial charge is 0.334 e. The molecule has 0 atom stereocenters. The first-order valence-corrected chi connectivity index (χ1v) is 7.24. The van der Waals surface area contributed by atoms with Crippen molar-refractivity contribution in [1.82, 2.24) is 10.3 Å². The Morgan fingerprint density at radius 2 is 1.91 bits per heavy atom. The molecule has 0 spiro atoms. The molecule has 2 N–H and O–H groups in total. The summed E-state index contributed by atoms with van der Waals surface area (Å²) in [5.41, 5.74) is 2.44. The highest BCUT2D eigenvalue weighted by Crippen LogP contribution is 2.21. The highest BCUT2D eigenvalue weighted by Gasteiger charge is 2.06. The number of anilines is 1. The summed E-state index contributed by atoms with van der Waals surface area (Å²) >= 11 is 6.07. The van der Waals surface area contributed by atoms with E-state index in [-0.39, 0.29) is 6.03 Å². The Bertz CT molecular complexity index is 814. The van der Waals surface area contributed by atoms with Crippen LogP contribution in [-0.2, 0) is 6.54 Å². The molecule has 0 unspecified atom stereocenters. The van der Waals surface area contributed by atoms with Crippen LogP contribution in [0.4, 0.5) is 10.5 Å². The highest BCUT2D eigenvalue weighted by molar-refractivity contribution is 6.31. The normalized spacial score (nSPS) is 10.4. The Balaban J connectivity index is 1.70. The monoisotopic (exact) mass is 311 g/mol. The summed E-state index contributed by atoms with van der Waals surface area (Å²) in [6.45, 7) is 0.370. The Morgan fingerprint density at radius 1 is 1.05 bits per heavy atom. The van der Waals surface area contributed by atoms with Crippen LogP contribution in [0, 0.1) is 0 Å². The number of rotatable bonds is 3. The zero-order valence-electron chi connectivity index (χ0n) is 11.7. The average Bonchev–Trinajstić information content (AvgIpc) is 2.54. The zero-order chi connectivity index (χ0) is 15.4. The number of benzene rings is 2. The second-order valence-electron chi connectivity index (χ2n) is 4.77. The SMILES string of the molecule is O=C(NCc1ccccc1Cl)Nc1cccc2ncccc12. The predicted molar refractivity (Wildman–Crippen MR) is 89.1 cm³/mol. The minimum absolute atomic E-state index is 0.281. The maximum absolute atomic E-state index is 12.1. The number of amides is 2. The van der Waals surface area contributed by atoms with Crippen LogP contribution < -0.4 is 10.6 Å². The van der Waals surface area contributed by atoms with Crippen molar-refractivity contribution in [3.8, 4) is 0 Å². The van der Waals surface area contributed by atoms with Gasteiger partial charge < -0.3 is 10.6 Å². The third-order valence-corrected chi connectivity index (χ3v) is 3.66. The lowest BCUT2D eigenvalue weighted by molar-refractivity contribution is 0.252. The summed E-state index contributed by atoms with van der Waals surface area (Å²) < 4.78 is 0. The Hall–Kier alpha value is -2.59. The third-order valence-electron chi connectivity index (χ3n) is 3.29. The number of halogens is 1. The number of hydrogen-bond donors (Lipinski definition) is 2. The molecule has 0 bridgehead atoms. The summed E-state index contributed by atoms with van der Waals surface area (Å²) in [5, 5.41) is 7.18. The molecule has 0 aliphatic rings. The van der Waals surface area contributed by atoms with Gasteiger partial charge in [0.05, 0.1) is 11.2 Å². The molecule has 0 radical (unpaired) electrons. The number of carbonyl (C=O) groups excluding carboxylic acids is 1. The first-order valence-electron chi connectivity index (χ1n) is 6.86. The molecule has 2 amide bonds. The maximum atomic E-state index is 12.1. The lowest BCUT2D eigenvalue weighted by Gasteiger charge is -2.10. The number of nitrogens with one attached hydrogen (secondary N) is 2. The minimum atomic E-state index is -0.281. The van der Waals surface area contributed by atoms with Crippen molar-refractivity contribution in [2.45, 2.75) is 6.54 Å². The molecule has 0 saturated heterocycles. The van der Waals surface area contributed by atoms with Gasteiger partial charge in [0.25, 0.3) is 0 Å². The van der Waals surface area contributed by atoms with Crippen LogP contribution in [0.15, 0.2) is 60.8 Å². The van der Waals surface area contributed by atoms with E-state index in [2.05, 4.69) is 15.6 Å². The van der Waals surface area contributed by atoms with Crippen LogP contribution >= 0.6 is 11.6 Å². The predicted octanol–water partition coefficient (Wildman–Crippen LogP) is 4.21. The smallest absolute Gasteiger partial charge is 0.319 e. The standard InChI is InChI=1S/C17H14ClN3O/c18-14-7-2-1-5-12(14)11-20-17(22)21-16-9-3-8-15-13(16)6-4-10-19-15/h1-10H,11H2,(H2,20,21,22). The molecule has 0 aliphatic heterocycles. The summed E-state index contributed by atoms with van der Waals surface area (Å²) in [6, 6.07) is 16.5. The molecule has 22 heavy (non-hydrogen) atoms. The van der Waals surface area contributed by atoms with E-state index < -0.39 is 0 Å². The van der Waals surface area contributed by atoms with Gasteiger partial charge in [0.15, 0.2) is 0 Å².